The summed E-state index contributed by atoms with van der Waals surface area (Å²) in [4.78, 5) is 0. The summed E-state index contributed by atoms with van der Waals surface area (Å²) < 4.78 is 20.7. The summed E-state index contributed by atoms with van der Waals surface area (Å²) in [7, 11) is 1.82. The van der Waals surface area contributed by atoms with Crippen molar-refractivity contribution in [3.63, 3.8) is 0 Å². The first-order valence-corrected chi connectivity index (χ1v) is 7.64. The molecule has 3 aromatic rings. The Labute approximate surface area is 130 Å². The van der Waals surface area contributed by atoms with Crippen LogP contribution in [-0.2, 0) is 7.05 Å². The van der Waals surface area contributed by atoms with E-state index in [1.165, 1.54) is 17.8 Å². The summed E-state index contributed by atoms with van der Waals surface area (Å²) in [5, 5.41) is 18.9. The van der Waals surface area contributed by atoms with Crippen LogP contribution in [0, 0.1) is 5.82 Å². The van der Waals surface area contributed by atoms with Crippen molar-refractivity contribution in [2.75, 3.05) is 5.75 Å². The second-order valence-electron chi connectivity index (χ2n) is 4.69. The van der Waals surface area contributed by atoms with E-state index in [1.807, 2.05) is 7.05 Å². The number of thioether (sulfide) groups is 1. The zero-order valence-electron chi connectivity index (χ0n) is 11.8. The zero-order chi connectivity index (χ0) is 15.5. The molecule has 2 aromatic heterocycles. The Hall–Kier alpha value is -2.12. The van der Waals surface area contributed by atoms with Gasteiger partial charge in [0.1, 0.15) is 5.82 Å². The molecule has 0 aliphatic carbocycles. The molecular formula is C15H14FN3O2S. The molecule has 0 saturated heterocycles. The smallest absolute Gasteiger partial charge is 0.200 e. The summed E-state index contributed by atoms with van der Waals surface area (Å²) in [6, 6.07) is 9.78. The second-order valence-corrected chi connectivity index (χ2v) is 5.68. The van der Waals surface area contributed by atoms with E-state index in [0.29, 0.717) is 16.7 Å². The maximum atomic E-state index is 13.6. The van der Waals surface area contributed by atoms with Crippen LogP contribution >= 0.6 is 11.8 Å². The van der Waals surface area contributed by atoms with E-state index in [9.17, 15) is 9.50 Å². The van der Waals surface area contributed by atoms with E-state index in [1.54, 1.807) is 41.2 Å². The lowest BCUT2D eigenvalue weighted by atomic mass is 10.1. The predicted molar refractivity (Wildman–Crippen MR) is 80.8 cm³/mol. The third kappa shape index (κ3) is 2.90. The zero-order valence-corrected chi connectivity index (χ0v) is 12.6. The first kappa shape index (κ1) is 14.8. The Morgan fingerprint density at radius 1 is 1.27 bits per heavy atom. The fourth-order valence-corrected chi connectivity index (χ4v) is 2.91. The van der Waals surface area contributed by atoms with Crippen molar-refractivity contribution in [3.05, 3.63) is 54.0 Å². The molecule has 0 amide bonds. The molecule has 114 valence electrons. The Bertz CT molecular complexity index is 758. The van der Waals surface area contributed by atoms with Crippen LogP contribution in [0.15, 0.2) is 52.2 Å². The van der Waals surface area contributed by atoms with Crippen LogP contribution in [-0.4, -0.2) is 25.6 Å². The molecule has 0 aliphatic heterocycles. The van der Waals surface area contributed by atoms with Gasteiger partial charge < -0.3 is 14.1 Å². The summed E-state index contributed by atoms with van der Waals surface area (Å²) in [6.07, 6.45) is 0.661. The number of aliphatic hydroxyl groups is 1. The largest absolute Gasteiger partial charge is 0.461 e. The van der Waals surface area contributed by atoms with Crippen molar-refractivity contribution in [3.8, 4) is 11.6 Å². The number of nitrogens with zero attached hydrogens (tertiary/aromatic N) is 3. The Morgan fingerprint density at radius 2 is 2.09 bits per heavy atom. The first-order chi connectivity index (χ1) is 10.7. The summed E-state index contributed by atoms with van der Waals surface area (Å²) in [5.74, 6) is 1.10. The summed E-state index contributed by atoms with van der Waals surface area (Å²) in [6.45, 7) is 0. The number of aliphatic hydroxyl groups excluding tert-OH is 1. The highest BCUT2D eigenvalue weighted by Gasteiger charge is 2.17. The second kappa shape index (κ2) is 6.33. The SMILES string of the molecule is Cn1c(SCC(O)c2ccccc2F)nnc1-c1ccco1. The van der Waals surface area contributed by atoms with Gasteiger partial charge >= 0.3 is 0 Å². The maximum absolute atomic E-state index is 13.6. The van der Waals surface area contributed by atoms with Crippen LogP contribution in [0.1, 0.15) is 11.7 Å². The molecule has 0 radical (unpaired) electrons. The predicted octanol–water partition coefficient (Wildman–Crippen LogP) is 3.04. The molecule has 1 atom stereocenters. The Balaban J connectivity index is 1.71. The van der Waals surface area contributed by atoms with Crippen molar-refractivity contribution < 1.29 is 13.9 Å². The highest BCUT2D eigenvalue weighted by atomic mass is 32.2. The summed E-state index contributed by atoms with van der Waals surface area (Å²) in [5.41, 5.74) is 0.281. The quantitative estimate of drug-likeness (QED) is 0.732. The molecule has 0 aliphatic rings. The minimum Gasteiger partial charge on any atom is -0.461 e. The van der Waals surface area contributed by atoms with E-state index < -0.39 is 11.9 Å². The number of halogens is 1. The topological polar surface area (TPSA) is 64.1 Å². The van der Waals surface area contributed by atoms with Crippen LogP contribution in [0.2, 0.25) is 0 Å². The molecule has 2 heterocycles. The lowest BCUT2D eigenvalue weighted by Crippen LogP contribution is -2.04. The van der Waals surface area contributed by atoms with Gasteiger partial charge in [0.05, 0.1) is 12.4 Å². The van der Waals surface area contributed by atoms with Crippen molar-refractivity contribution in [2.45, 2.75) is 11.3 Å². The van der Waals surface area contributed by atoms with Crippen molar-refractivity contribution in [1.29, 1.82) is 0 Å². The molecule has 0 fully saturated rings. The van der Waals surface area contributed by atoms with E-state index in [0.717, 1.165) is 0 Å². The molecule has 1 unspecified atom stereocenters. The van der Waals surface area contributed by atoms with Gasteiger partial charge in [-0.05, 0) is 18.2 Å². The minimum atomic E-state index is -0.907. The van der Waals surface area contributed by atoms with Crippen LogP contribution in [0.25, 0.3) is 11.6 Å². The van der Waals surface area contributed by atoms with Gasteiger partial charge in [0.15, 0.2) is 16.7 Å². The van der Waals surface area contributed by atoms with Crippen LogP contribution in [0.5, 0.6) is 0 Å². The molecule has 0 saturated carbocycles. The third-order valence-corrected chi connectivity index (χ3v) is 4.31. The average Bonchev–Trinajstić information content (AvgIpc) is 3.15. The van der Waals surface area contributed by atoms with E-state index >= 15 is 0 Å². The standard InChI is InChI=1S/C15H14FN3O2S/c1-19-14(13-7-4-8-21-13)17-18-15(19)22-9-12(20)10-5-2-3-6-11(10)16/h2-8,12,20H,9H2,1H3. The van der Waals surface area contributed by atoms with Gasteiger partial charge in [-0.25, -0.2) is 4.39 Å². The van der Waals surface area contributed by atoms with E-state index in [4.69, 9.17) is 4.42 Å². The van der Waals surface area contributed by atoms with Gasteiger partial charge in [0.2, 0.25) is 0 Å². The fraction of sp³-hybridized carbons (Fsp3) is 0.200. The Morgan fingerprint density at radius 3 is 2.82 bits per heavy atom. The summed E-state index contributed by atoms with van der Waals surface area (Å²) >= 11 is 1.31. The lowest BCUT2D eigenvalue weighted by Gasteiger charge is -2.11. The highest BCUT2D eigenvalue weighted by Crippen LogP contribution is 2.27. The van der Waals surface area contributed by atoms with Crippen LogP contribution < -0.4 is 0 Å². The normalized spacial score (nSPS) is 12.5. The number of aromatic nitrogens is 3. The van der Waals surface area contributed by atoms with Gasteiger partial charge in [-0.2, -0.15) is 0 Å². The van der Waals surface area contributed by atoms with E-state index in [2.05, 4.69) is 10.2 Å². The molecule has 22 heavy (non-hydrogen) atoms. The van der Waals surface area contributed by atoms with Gasteiger partial charge in [-0.1, -0.05) is 30.0 Å². The number of hydrogen-bond acceptors (Lipinski definition) is 5. The van der Waals surface area contributed by atoms with Gasteiger partial charge in [-0.15, -0.1) is 10.2 Å². The first-order valence-electron chi connectivity index (χ1n) is 6.65. The number of rotatable bonds is 5. The minimum absolute atomic E-state index is 0.281. The fourth-order valence-electron chi connectivity index (χ4n) is 2.05. The molecule has 0 bridgehead atoms. The monoisotopic (exact) mass is 319 g/mol. The number of hydrogen-bond donors (Lipinski definition) is 1. The average molecular weight is 319 g/mol. The van der Waals surface area contributed by atoms with Gasteiger partial charge in [-0.3, -0.25) is 0 Å². The van der Waals surface area contributed by atoms with Gasteiger partial charge in [0, 0.05) is 18.4 Å². The molecule has 0 spiro atoms. The molecule has 1 aromatic carbocycles. The van der Waals surface area contributed by atoms with E-state index in [-0.39, 0.29) is 11.3 Å². The molecule has 1 N–H and O–H groups in total. The number of furan rings is 1. The van der Waals surface area contributed by atoms with Crippen molar-refractivity contribution >= 4 is 11.8 Å². The van der Waals surface area contributed by atoms with Crippen molar-refractivity contribution in [2.24, 2.45) is 7.05 Å². The lowest BCUT2D eigenvalue weighted by molar-refractivity contribution is 0.199. The molecular weight excluding hydrogens is 305 g/mol. The molecule has 5 nitrogen and oxygen atoms in total. The van der Waals surface area contributed by atoms with Crippen LogP contribution in [0.4, 0.5) is 4.39 Å². The number of benzene rings is 1. The maximum Gasteiger partial charge on any atom is 0.200 e. The molecule has 3 rings (SSSR count). The Kier molecular flexibility index (Phi) is 4.26. The molecule has 7 heteroatoms. The van der Waals surface area contributed by atoms with Gasteiger partial charge in [0.25, 0.3) is 0 Å². The van der Waals surface area contributed by atoms with Crippen LogP contribution in [0.3, 0.4) is 0 Å². The third-order valence-electron chi connectivity index (χ3n) is 3.21. The van der Waals surface area contributed by atoms with Crippen molar-refractivity contribution in [1.82, 2.24) is 14.8 Å². The highest BCUT2D eigenvalue weighted by molar-refractivity contribution is 7.99.